The van der Waals surface area contributed by atoms with Crippen LogP contribution in [0, 0.1) is 10.1 Å². The van der Waals surface area contributed by atoms with E-state index in [0.717, 1.165) is 24.5 Å². The van der Waals surface area contributed by atoms with Crippen molar-refractivity contribution in [3.05, 3.63) is 61.1 Å². The maximum absolute atomic E-state index is 12.1. The van der Waals surface area contributed by atoms with E-state index in [0.29, 0.717) is 0 Å². The number of halogens is 3. The molecule has 2 aromatic rings. The highest BCUT2D eigenvalue weighted by Crippen LogP contribution is 2.32. The molecule has 154 valence electrons. The van der Waals surface area contributed by atoms with Crippen LogP contribution in [-0.4, -0.2) is 38.1 Å². The molecule has 0 aliphatic carbocycles. The number of nitro benzene ring substituents is 1. The molecule has 29 heavy (non-hydrogen) atoms. The smallest absolute Gasteiger partial charge is 0.338 e. The van der Waals surface area contributed by atoms with Crippen LogP contribution in [0.4, 0.5) is 11.4 Å². The molecule has 0 bridgehead atoms. The molecule has 0 atom stereocenters. The monoisotopic (exact) mass is 480 g/mol. The number of anilines is 1. The first-order valence-corrected chi connectivity index (χ1v) is 10.5. The number of hydrogen-bond acceptors (Lipinski definition) is 7. The van der Waals surface area contributed by atoms with E-state index in [9.17, 15) is 28.1 Å². The number of rotatable bonds is 6. The lowest BCUT2D eigenvalue weighted by molar-refractivity contribution is -0.387. The van der Waals surface area contributed by atoms with Crippen LogP contribution in [0.1, 0.15) is 10.4 Å². The number of hydrogen-bond donors (Lipinski definition) is 1. The summed E-state index contributed by atoms with van der Waals surface area (Å²) >= 11 is 17.5. The summed E-state index contributed by atoms with van der Waals surface area (Å²) in [5.41, 5.74) is -0.950. The van der Waals surface area contributed by atoms with Crippen molar-refractivity contribution in [2.24, 2.45) is 0 Å². The Kier molecular flexibility index (Phi) is 7.06. The van der Waals surface area contributed by atoms with Crippen molar-refractivity contribution in [3.63, 3.8) is 0 Å². The molecule has 0 saturated carbocycles. The third kappa shape index (κ3) is 5.80. The van der Waals surface area contributed by atoms with Crippen LogP contribution < -0.4 is 5.32 Å². The maximum Gasteiger partial charge on any atom is 0.338 e. The lowest BCUT2D eigenvalue weighted by Gasteiger charge is -2.09. The van der Waals surface area contributed by atoms with E-state index in [-0.39, 0.29) is 26.3 Å². The van der Waals surface area contributed by atoms with Gasteiger partial charge in [0.05, 0.1) is 31.2 Å². The first-order chi connectivity index (χ1) is 13.4. The second-order valence-corrected chi connectivity index (χ2v) is 8.79. The number of carbonyl (C=O) groups is 2. The van der Waals surface area contributed by atoms with Crippen LogP contribution in [-0.2, 0) is 19.4 Å². The zero-order valence-corrected chi connectivity index (χ0v) is 17.5. The molecule has 0 radical (unpaired) electrons. The molecule has 2 rings (SSSR count). The molecule has 0 heterocycles. The van der Waals surface area contributed by atoms with Gasteiger partial charge in [0.1, 0.15) is 4.90 Å². The fourth-order valence-electron chi connectivity index (χ4n) is 2.12. The van der Waals surface area contributed by atoms with E-state index in [1.807, 2.05) is 0 Å². The molecular formula is C16H11Cl3N2O7S. The standard InChI is InChI=1S/C16H11Cl3N2O7S/c1-29(26,27)14-3-2-8(4-13(14)21(24)25)16(23)28-7-15(22)20-12-6-10(18)9(17)5-11(12)19/h2-6H,7H2,1H3,(H,20,22). The van der Waals surface area contributed by atoms with Crippen LogP contribution in [0.15, 0.2) is 35.2 Å². The molecule has 1 amide bonds. The minimum atomic E-state index is -3.88. The van der Waals surface area contributed by atoms with Crippen molar-refractivity contribution in [1.82, 2.24) is 0 Å². The minimum absolute atomic E-state index is 0.103. The van der Waals surface area contributed by atoms with Crippen LogP contribution in [0.25, 0.3) is 0 Å². The Bertz CT molecular complexity index is 1120. The summed E-state index contributed by atoms with van der Waals surface area (Å²) in [6.45, 7) is -0.739. The first kappa shape index (κ1) is 22.9. The summed E-state index contributed by atoms with van der Waals surface area (Å²) in [6, 6.07) is 5.33. The number of nitro groups is 1. The molecule has 13 heteroatoms. The SMILES string of the molecule is CS(=O)(=O)c1ccc(C(=O)OCC(=O)Nc2cc(Cl)c(Cl)cc2Cl)cc1[N+](=O)[O-]. The van der Waals surface area contributed by atoms with E-state index in [4.69, 9.17) is 39.5 Å². The van der Waals surface area contributed by atoms with Gasteiger partial charge in [-0.15, -0.1) is 0 Å². The van der Waals surface area contributed by atoms with Crippen LogP contribution in [0.2, 0.25) is 15.1 Å². The molecular weight excluding hydrogens is 471 g/mol. The molecule has 0 fully saturated rings. The Balaban J connectivity index is 2.11. The van der Waals surface area contributed by atoms with Gasteiger partial charge in [-0.1, -0.05) is 34.8 Å². The molecule has 9 nitrogen and oxygen atoms in total. The lowest BCUT2D eigenvalue weighted by atomic mass is 10.2. The predicted octanol–water partition coefficient (Wildman–Crippen LogP) is 3.75. The second kappa shape index (κ2) is 8.95. The molecule has 0 aromatic heterocycles. The molecule has 0 saturated heterocycles. The molecule has 0 aliphatic heterocycles. The zero-order chi connectivity index (χ0) is 21.9. The normalized spacial score (nSPS) is 11.0. The number of sulfone groups is 1. The molecule has 0 aliphatic rings. The fourth-order valence-corrected chi connectivity index (χ4v) is 3.54. The number of amides is 1. The fraction of sp³-hybridized carbons (Fsp3) is 0.125. The topological polar surface area (TPSA) is 133 Å². The summed E-state index contributed by atoms with van der Waals surface area (Å²) in [5, 5.41) is 13.9. The number of nitrogens with zero attached hydrogens (tertiary/aromatic N) is 1. The van der Waals surface area contributed by atoms with Gasteiger partial charge in [-0.25, -0.2) is 13.2 Å². The minimum Gasteiger partial charge on any atom is -0.452 e. The van der Waals surface area contributed by atoms with Gasteiger partial charge in [0, 0.05) is 12.3 Å². The summed E-state index contributed by atoms with van der Waals surface area (Å²) in [4.78, 5) is 33.6. The Morgan fingerprint density at radius 2 is 1.72 bits per heavy atom. The van der Waals surface area contributed by atoms with Crippen molar-refractivity contribution in [1.29, 1.82) is 0 Å². The number of esters is 1. The maximum atomic E-state index is 12.1. The van der Waals surface area contributed by atoms with E-state index in [1.54, 1.807) is 0 Å². The zero-order valence-electron chi connectivity index (χ0n) is 14.4. The Labute approximate surface area is 179 Å². The number of nitrogens with one attached hydrogen (secondary N) is 1. The third-order valence-electron chi connectivity index (χ3n) is 3.41. The van der Waals surface area contributed by atoms with Gasteiger partial charge in [-0.3, -0.25) is 14.9 Å². The van der Waals surface area contributed by atoms with E-state index in [2.05, 4.69) is 5.32 Å². The Morgan fingerprint density at radius 1 is 1.10 bits per heavy atom. The number of ether oxygens (including phenoxy) is 1. The molecule has 1 N–H and O–H groups in total. The van der Waals surface area contributed by atoms with Gasteiger partial charge in [0.15, 0.2) is 16.4 Å². The number of benzene rings is 2. The molecule has 0 spiro atoms. The predicted molar refractivity (Wildman–Crippen MR) is 107 cm³/mol. The Hall–Kier alpha value is -2.40. The van der Waals surface area contributed by atoms with Gasteiger partial charge in [0.2, 0.25) is 0 Å². The van der Waals surface area contributed by atoms with Crippen LogP contribution in [0.5, 0.6) is 0 Å². The second-order valence-electron chi connectivity index (χ2n) is 5.58. The van der Waals surface area contributed by atoms with E-state index >= 15 is 0 Å². The van der Waals surface area contributed by atoms with Gasteiger partial charge in [-0.2, -0.15) is 0 Å². The highest BCUT2D eigenvalue weighted by atomic mass is 35.5. The highest BCUT2D eigenvalue weighted by Gasteiger charge is 2.24. The van der Waals surface area contributed by atoms with Crippen LogP contribution in [0.3, 0.4) is 0 Å². The van der Waals surface area contributed by atoms with Crippen molar-refractivity contribution >= 4 is 67.9 Å². The average Bonchev–Trinajstić information content (AvgIpc) is 2.62. The Morgan fingerprint density at radius 3 is 2.31 bits per heavy atom. The van der Waals surface area contributed by atoms with Gasteiger partial charge in [0.25, 0.3) is 11.6 Å². The summed E-state index contributed by atoms with van der Waals surface area (Å²) in [6.07, 6.45) is 0.797. The van der Waals surface area contributed by atoms with Crippen molar-refractivity contribution in [3.8, 4) is 0 Å². The summed E-state index contributed by atoms with van der Waals surface area (Å²) in [7, 11) is -3.88. The van der Waals surface area contributed by atoms with Gasteiger partial charge < -0.3 is 10.1 Å². The van der Waals surface area contributed by atoms with E-state index in [1.165, 1.54) is 12.1 Å². The first-order valence-electron chi connectivity index (χ1n) is 7.50. The van der Waals surface area contributed by atoms with E-state index < -0.39 is 43.8 Å². The summed E-state index contributed by atoms with van der Waals surface area (Å²) < 4.78 is 28.0. The molecule has 0 unspecified atom stereocenters. The number of carbonyl (C=O) groups excluding carboxylic acids is 2. The van der Waals surface area contributed by atoms with Crippen LogP contribution >= 0.6 is 34.8 Å². The van der Waals surface area contributed by atoms with Gasteiger partial charge >= 0.3 is 5.97 Å². The largest absolute Gasteiger partial charge is 0.452 e. The quantitative estimate of drug-likeness (QED) is 0.287. The highest BCUT2D eigenvalue weighted by molar-refractivity contribution is 7.90. The molecule has 2 aromatic carbocycles. The van der Waals surface area contributed by atoms with Gasteiger partial charge in [-0.05, 0) is 24.3 Å². The average molecular weight is 482 g/mol. The van der Waals surface area contributed by atoms with Crippen molar-refractivity contribution in [2.45, 2.75) is 4.90 Å². The third-order valence-corrected chi connectivity index (χ3v) is 5.59. The summed E-state index contributed by atoms with van der Waals surface area (Å²) in [5.74, 6) is -1.83. The van der Waals surface area contributed by atoms with Crippen molar-refractivity contribution < 1.29 is 27.7 Å². The van der Waals surface area contributed by atoms with Crippen molar-refractivity contribution in [2.75, 3.05) is 18.2 Å². The lowest BCUT2D eigenvalue weighted by Crippen LogP contribution is -2.21.